The van der Waals surface area contributed by atoms with Gasteiger partial charge in [0.2, 0.25) is 0 Å². The Balaban J connectivity index is 2.40. The molecule has 1 rings (SSSR count). The Labute approximate surface area is 57.8 Å². The summed E-state index contributed by atoms with van der Waals surface area (Å²) in [5.41, 5.74) is 0.674. The zero-order valence-corrected chi connectivity index (χ0v) is 5.36. The minimum absolute atomic E-state index is 0.0638. The van der Waals surface area contributed by atoms with Gasteiger partial charge in [-0.15, -0.1) is 0 Å². The second kappa shape index (κ2) is 3.73. The minimum Gasteiger partial charge on any atom is -0.394 e. The molecule has 1 heterocycles. The van der Waals surface area contributed by atoms with E-state index in [1.54, 1.807) is 12.4 Å². The van der Waals surface area contributed by atoms with Crippen LogP contribution in [0, 0.1) is 0 Å². The molecule has 0 aliphatic rings. The summed E-state index contributed by atoms with van der Waals surface area (Å²) in [6.45, 7) is 0.473. The van der Waals surface area contributed by atoms with E-state index in [9.17, 15) is 0 Å². The predicted octanol–water partition coefficient (Wildman–Crippen LogP) is -0.784. The van der Waals surface area contributed by atoms with Crippen LogP contribution in [0.2, 0.25) is 0 Å². The normalized spacial score (nSPS) is 10.9. The van der Waals surface area contributed by atoms with E-state index in [0.717, 1.165) is 0 Å². The van der Waals surface area contributed by atoms with Crippen LogP contribution >= 0.6 is 0 Å². The van der Waals surface area contributed by atoms with Gasteiger partial charge in [0.25, 0.3) is 0 Å². The highest BCUT2D eigenvalue weighted by Crippen LogP contribution is 1.80. The average molecular weight is 140 g/mol. The van der Waals surface area contributed by atoms with Crippen LogP contribution in [0.4, 0.5) is 0 Å². The zero-order chi connectivity index (χ0) is 7.23. The summed E-state index contributed by atoms with van der Waals surface area (Å²) >= 11 is 0. The van der Waals surface area contributed by atoms with Crippen molar-refractivity contribution in [2.75, 3.05) is 13.2 Å². The van der Waals surface area contributed by atoms with E-state index in [4.69, 9.17) is 5.11 Å². The number of H-pyrrole nitrogens is 1. The van der Waals surface area contributed by atoms with Crippen molar-refractivity contribution in [3.8, 4) is 0 Å². The quantitative estimate of drug-likeness (QED) is 0.540. The fourth-order valence-electron chi connectivity index (χ4n) is 0.488. The third kappa shape index (κ3) is 1.94. The van der Waals surface area contributed by atoms with Gasteiger partial charge in [0.15, 0.2) is 0 Å². The van der Waals surface area contributed by atoms with Crippen molar-refractivity contribution in [3.63, 3.8) is 0 Å². The molecule has 0 saturated heterocycles. The fourth-order valence-corrected chi connectivity index (χ4v) is 0.488. The van der Waals surface area contributed by atoms with Crippen molar-refractivity contribution in [2.24, 2.45) is 4.99 Å². The molecule has 2 N–H and O–H groups in total. The van der Waals surface area contributed by atoms with Crippen molar-refractivity contribution in [2.45, 2.75) is 0 Å². The number of aromatic nitrogens is 3. The Kier molecular flexibility index (Phi) is 2.57. The zero-order valence-electron chi connectivity index (χ0n) is 5.36. The molecule has 0 spiro atoms. The number of hydrogen-bond acceptors (Lipinski definition) is 4. The molecule has 0 aliphatic carbocycles. The molecule has 0 amide bonds. The van der Waals surface area contributed by atoms with E-state index in [1.165, 1.54) is 0 Å². The number of aliphatic hydroxyl groups is 1. The van der Waals surface area contributed by atoms with Gasteiger partial charge in [0, 0.05) is 0 Å². The Morgan fingerprint density at radius 3 is 3.30 bits per heavy atom. The topological polar surface area (TPSA) is 74.2 Å². The molecule has 10 heavy (non-hydrogen) atoms. The lowest BCUT2D eigenvalue weighted by atomic mass is 10.5. The monoisotopic (exact) mass is 140 g/mol. The van der Waals surface area contributed by atoms with Gasteiger partial charge in [-0.05, 0) is 0 Å². The molecule has 54 valence electrons. The fraction of sp³-hybridized carbons (Fsp3) is 0.400. The van der Waals surface area contributed by atoms with Crippen molar-refractivity contribution >= 4 is 6.21 Å². The van der Waals surface area contributed by atoms with E-state index in [0.29, 0.717) is 12.2 Å². The predicted molar refractivity (Wildman–Crippen MR) is 35.9 cm³/mol. The summed E-state index contributed by atoms with van der Waals surface area (Å²) in [6.07, 6.45) is 3.11. The molecule has 0 aromatic carbocycles. The SMILES string of the molecule is OCCN=Cc1cn[nH]n1. The van der Waals surface area contributed by atoms with Crippen LogP contribution in [-0.2, 0) is 0 Å². The van der Waals surface area contributed by atoms with Gasteiger partial charge in [0.1, 0.15) is 5.69 Å². The number of aromatic amines is 1. The molecule has 0 aliphatic heterocycles. The third-order valence-corrected chi connectivity index (χ3v) is 0.886. The highest BCUT2D eigenvalue weighted by molar-refractivity contribution is 5.75. The number of nitrogens with one attached hydrogen (secondary N) is 1. The molecule has 0 fully saturated rings. The molecule has 5 heteroatoms. The maximum absolute atomic E-state index is 8.34. The number of hydrogen-bond donors (Lipinski definition) is 2. The molecule has 0 unspecified atom stereocenters. The van der Waals surface area contributed by atoms with Crippen LogP contribution in [0.5, 0.6) is 0 Å². The second-order valence-electron chi connectivity index (χ2n) is 1.65. The van der Waals surface area contributed by atoms with Gasteiger partial charge >= 0.3 is 0 Å². The molecule has 1 aromatic rings. The van der Waals surface area contributed by atoms with Crippen LogP contribution < -0.4 is 0 Å². The molecular formula is C5H8N4O. The average Bonchev–Trinajstić information content (AvgIpc) is 2.41. The van der Waals surface area contributed by atoms with E-state index in [2.05, 4.69) is 20.4 Å². The smallest absolute Gasteiger partial charge is 0.123 e. The van der Waals surface area contributed by atoms with E-state index >= 15 is 0 Å². The van der Waals surface area contributed by atoms with Crippen molar-refractivity contribution in [1.82, 2.24) is 15.4 Å². The van der Waals surface area contributed by atoms with Crippen LogP contribution in [-0.4, -0.2) is 39.9 Å². The lowest BCUT2D eigenvalue weighted by Crippen LogP contribution is -1.88. The lowest BCUT2D eigenvalue weighted by Gasteiger charge is -1.81. The lowest BCUT2D eigenvalue weighted by molar-refractivity contribution is 0.307. The van der Waals surface area contributed by atoms with E-state index in [1.807, 2.05) is 0 Å². The number of aliphatic imine (C=N–C) groups is 1. The van der Waals surface area contributed by atoms with Crippen LogP contribution in [0.25, 0.3) is 0 Å². The van der Waals surface area contributed by atoms with Gasteiger partial charge in [-0.25, -0.2) is 0 Å². The molecule has 0 bridgehead atoms. The highest BCUT2D eigenvalue weighted by Gasteiger charge is 1.86. The highest BCUT2D eigenvalue weighted by atomic mass is 16.3. The Bertz CT molecular complexity index is 193. The van der Waals surface area contributed by atoms with Gasteiger partial charge in [0.05, 0.1) is 25.6 Å². The number of aliphatic hydroxyl groups excluding tert-OH is 1. The van der Waals surface area contributed by atoms with Crippen molar-refractivity contribution in [3.05, 3.63) is 11.9 Å². The van der Waals surface area contributed by atoms with Gasteiger partial charge in [-0.2, -0.15) is 15.4 Å². The standard InChI is InChI=1S/C5H8N4O/c10-2-1-6-3-5-4-7-9-8-5/h3-4,10H,1-2H2,(H,7,8,9). The molecule has 1 aromatic heterocycles. The summed E-state index contributed by atoms with van der Waals surface area (Å²) in [5.74, 6) is 0. The Hall–Kier alpha value is -1.23. The summed E-state index contributed by atoms with van der Waals surface area (Å²) in [5, 5.41) is 18.1. The first kappa shape index (κ1) is 6.88. The van der Waals surface area contributed by atoms with Crippen molar-refractivity contribution in [1.29, 1.82) is 0 Å². The van der Waals surface area contributed by atoms with E-state index < -0.39 is 0 Å². The van der Waals surface area contributed by atoms with Crippen LogP contribution in [0.3, 0.4) is 0 Å². The van der Waals surface area contributed by atoms with Crippen LogP contribution in [0.15, 0.2) is 11.2 Å². The van der Waals surface area contributed by atoms with Crippen molar-refractivity contribution < 1.29 is 5.11 Å². The number of rotatable bonds is 3. The summed E-state index contributed by atoms with van der Waals surface area (Å²) in [7, 11) is 0. The first-order valence-corrected chi connectivity index (χ1v) is 2.90. The van der Waals surface area contributed by atoms with E-state index in [-0.39, 0.29) is 6.61 Å². The number of nitrogens with zero attached hydrogens (tertiary/aromatic N) is 3. The molecule has 5 nitrogen and oxygen atoms in total. The first-order chi connectivity index (χ1) is 4.93. The summed E-state index contributed by atoms with van der Waals surface area (Å²) in [4.78, 5) is 3.83. The summed E-state index contributed by atoms with van der Waals surface area (Å²) < 4.78 is 0. The second-order valence-corrected chi connectivity index (χ2v) is 1.65. The van der Waals surface area contributed by atoms with Gasteiger partial charge in [-0.3, -0.25) is 4.99 Å². The maximum atomic E-state index is 8.34. The maximum Gasteiger partial charge on any atom is 0.123 e. The molecule has 0 radical (unpaired) electrons. The van der Waals surface area contributed by atoms with Gasteiger partial charge in [-0.1, -0.05) is 0 Å². The molecule has 0 atom stereocenters. The molecular weight excluding hydrogens is 132 g/mol. The van der Waals surface area contributed by atoms with Crippen LogP contribution in [0.1, 0.15) is 5.69 Å². The Morgan fingerprint density at radius 2 is 2.70 bits per heavy atom. The van der Waals surface area contributed by atoms with Gasteiger partial charge < -0.3 is 5.11 Å². The Morgan fingerprint density at radius 1 is 1.80 bits per heavy atom. The molecule has 0 saturated carbocycles. The minimum atomic E-state index is 0.0638. The third-order valence-electron chi connectivity index (χ3n) is 0.886. The first-order valence-electron chi connectivity index (χ1n) is 2.90. The summed E-state index contributed by atoms with van der Waals surface area (Å²) in [6, 6.07) is 0. The largest absolute Gasteiger partial charge is 0.394 e.